The first-order chi connectivity index (χ1) is 9.72. The minimum atomic E-state index is -0.478. The Kier molecular flexibility index (Phi) is 2.96. The van der Waals surface area contributed by atoms with Gasteiger partial charge in [-0.05, 0) is 18.2 Å². The zero-order chi connectivity index (χ0) is 13.9. The van der Waals surface area contributed by atoms with Gasteiger partial charge in [0.1, 0.15) is 5.52 Å². The number of rotatable bonds is 4. The fraction of sp³-hybridized carbons (Fsp3) is 0.0833. The number of nitrogens with one attached hydrogen (secondary N) is 1. The molecule has 8 nitrogen and oxygen atoms in total. The summed E-state index contributed by atoms with van der Waals surface area (Å²) in [5.41, 5.74) is 1.62. The Hall–Kier alpha value is -3.03. The molecule has 0 atom stereocenters. The molecule has 3 rings (SSSR count). The van der Waals surface area contributed by atoms with Crippen molar-refractivity contribution in [3.63, 3.8) is 0 Å². The number of anilines is 1. The average molecular weight is 271 g/mol. The van der Waals surface area contributed by atoms with Crippen molar-refractivity contribution in [1.82, 2.24) is 15.2 Å². The second-order valence-corrected chi connectivity index (χ2v) is 4.00. The van der Waals surface area contributed by atoms with Crippen LogP contribution >= 0.6 is 0 Å². The molecule has 0 aliphatic rings. The van der Waals surface area contributed by atoms with Gasteiger partial charge in [-0.3, -0.25) is 10.1 Å². The smallest absolute Gasteiger partial charge is 0.296 e. The van der Waals surface area contributed by atoms with Crippen LogP contribution < -0.4 is 5.32 Å². The molecule has 0 unspecified atom stereocenters. The molecule has 0 spiro atoms. The molecule has 0 fully saturated rings. The molecule has 1 N–H and O–H groups in total. The van der Waals surface area contributed by atoms with E-state index in [4.69, 9.17) is 4.42 Å². The fourth-order valence-corrected chi connectivity index (χ4v) is 1.70. The highest BCUT2D eigenvalue weighted by molar-refractivity contribution is 5.77. The summed E-state index contributed by atoms with van der Waals surface area (Å²) < 4.78 is 5.41. The quantitative estimate of drug-likeness (QED) is 0.572. The highest BCUT2D eigenvalue weighted by Gasteiger charge is 2.11. The van der Waals surface area contributed by atoms with Crippen molar-refractivity contribution < 1.29 is 9.34 Å². The Balaban J connectivity index is 1.80. The Morgan fingerprint density at radius 3 is 3.00 bits per heavy atom. The van der Waals surface area contributed by atoms with E-state index in [-0.39, 0.29) is 11.7 Å². The van der Waals surface area contributed by atoms with Crippen LogP contribution in [0.5, 0.6) is 0 Å². The second-order valence-electron chi connectivity index (χ2n) is 4.00. The number of nitro benzene ring substituents is 1. The first-order valence-corrected chi connectivity index (χ1v) is 5.78. The summed E-state index contributed by atoms with van der Waals surface area (Å²) in [6.45, 7) is 0.406. The standard InChI is InChI=1S/C12H9N5O3/c18-17(19)9-3-4-10-11(6-9)20-12(15-10)13-7-8-2-1-5-14-16-8/h1-6H,7H2,(H,13,15). The van der Waals surface area contributed by atoms with Crippen LogP contribution in [0.15, 0.2) is 40.9 Å². The van der Waals surface area contributed by atoms with Gasteiger partial charge in [0.15, 0.2) is 5.58 Å². The largest absolute Gasteiger partial charge is 0.423 e. The number of nitro groups is 1. The van der Waals surface area contributed by atoms with Crippen molar-refractivity contribution >= 4 is 22.8 Å². The molecule has 2 aromatic heterocycles. The molecule has 0 radical (unpaired) electrons. The summed E-state index contributed by atoms with van der Waals surface area (Å²) >= 11 is 0. The van der Waals surface area contributed by atoms with Gasteiger partial charge in [0, 0.05) is 12.3 Å². The van der Waals surface area contributed by atoms with E-state index in [0.717, 1.165) is 5.69 Å². The summed E-state index contributed by atoms with van der Waals surface area (Å²) in [5, 5.41) is 21.3. The van der Waals surface area contributed by atoms with Gasteiger partial charge in [-0.25, -0.2) is 0 Å². The predicted molar refractivity (Wildman–Crippen MR) is 70.0 cm³/mol. The maximum Gasteiger partial charge on any atom is 0.296 e. The van der Waals surface area contributed by atoms with Gasteiger partial charge in [0.05, 0.1) is 23.2 Å². The number of non-ortho nitro benzene ring substituents is 1. The Labute approximate surface area is 112 Å². The monoisotopic (exact) mass is 271 g/mol. The van der Waals surface area contributed by atoms with Crippen molar-refractivity contribution in [2.24, 2.45) is 0 Å². The highest BCUT2D eigenvalue weighted by Crippen LogP contribution is 2.23. The van der Waals surface area contributed by atoms with Gasteiger partial charge in [0.25, 0.3) is 11.7 Å². The lowest BCUT2D eigenvalue weighted by atomic mass is 10.3. The number of nitrogens with zero attached hydrogens (tertiary/aromatic N) is 4. The Morgan fingerprint density at radius 2 is 2.25 bits per heavy atom. The van der Waals surface area contributed by atoms with E-state index < -0.39 is 4.92 Å². The SMILES string of the molecule is O=[N+]([O-])c1ccc2nc(NCc3cccnn3)oc2c1. The molecule has 0 saturated carbocycles. The van der Waals surface area contributed by atoms with Crippen LogP contribution in [-0.4, -0.2) is 20.1 Å². The van der Waals surface area contributed by atoms with Crippen LogP contribution in [0.4, 0.5) is 11.7 Å². The molecule has 1 aromatic carbocycles. The summed E-state index contributed by atoms with van der Waals surface area (Å²) in [5.74, 6) is 0. The summed E-state index contributed by atoms with van der Waals surface area (Å²) in [4.78, 5) is 14.4. The molecule has 8 heteroatoms. The van der Waals surface area contributed by atoms with Gasteiger partial charge in [0.2, 0.25) is 0 Å². The van der Waals surface area contributed by atoms with Crippen LogP contribution in [0.1, 0.15) is 5.69 Å². The van der Waals surface area contributed by atoms with Crippen molar-refractivity contribution in [1.29, 1.82) is 0 Å². The van der Waals surface area contributed by atoms with E-state index >= 15 is 0 Å². The van der Waals surface area contributed by atoms with Crippen molar-refractivity contribution in [3.05, 3.63) is 52.3 Å². The molecule has 0 bridgehead atoms. The van der Waals surface area contributed by atoms with E-state index in [1.54, 1.807) is 18.3 Å². The number of oxazole rings is 1. The first kappa shape index (κ1) is 12.0. The molecule has 0 aliphatic heterocycles. The van der Waals surface area contributed by atoms with Crippen LogP contribution in [0.2, 0.25) is 0 Å². The lowest BCUT2D eigenvalue weighted by molar-refractivity contribution is -0.384. The molecular formula is C12H9N5O3. The normalized spacial score (nSPS) is 10.6. The van der Waals surface area contributed by atoms with Gasteiger partial charge in [-0.1, -0.05) is 0 Å². The molecule has 0 saturated heterocycles. The van der Waals surface area contributed by atoms with Gasteiger partial charge < -0.3 is 9.73 Å². The van der Waals surface area contributed by atoms with Gasteiger partial charge >= 0.3 is 0 Å². The van der Waals surface area contributed by atoms with E-state index in [1.807, 2.05) is 6.07 Å². The zero-order valence-corrected chi connectivity index (χ0v) is 10.2. The number of aromatic nitrogens is 3. The predicted octanol–water partition coefficient (Wildman–Crippen LogP) is 2.14. The van der Waals surface area contributed by atoms with E-state index in [2.05, 4.69) is 20.5 Å². The van der Waals surface area contributed by atoms with Crippen molar-refractivity contribution in [2.45, 2.75) is 6.54 Å². The second kappa shape index (κ2) is 4.92. The zero-order valence-electron chi connectivity index (χ0n) is 10.2. The third-order valence-corrected chi connectivity index (χ3v) is 2.63. The number of hydrogen-bond acceptors (Lipinski definition) is 7. The molecular weight excluding hydrogens is 262 g/mol. The summed E-state index contributed by atoms with van der Waals surface area (Å²) in [6.07, 6.45) is 1.59. The van der Waals surface area contributed by atoms with Crippen molar-refractivity contribution in [3.8, 4) is 0 Å². The number of hydrogen-bond donors (Lipinski definition) is 1. The topological polar surface area (TPSA) is 107 Å². The number of benzene rings is 1. The van der Waals surface area contributed by atoms with Gasteiger partial charge in [-0.15, -0.1) is 0 Å². The molecule has 3 aromatic rings. The minimum Gasteiger partial charge on any atom is -0.423 e. The average Bonchev–Trinajstić information content (AvgIpc) is 2.88. The third-order valence-electron chi connectivity index (χ3n) is 2.63. The molecule has 2 heterocycles. The third kappa shape index (κ3) is 2.39. The highest BCUT2D eigenvalue weighted by atomic mass is 16.6. The maximum atomic E-state index is 10.7. The number of fused-ring (bicyclic) bond motifs is 1. The van der Waals surface area contributed by atoms with Crippen LogP contribution in [-0.2, 0) is 6.54 Å². The fourth-order valence-electron chi connectivity index (χ4n) is 1.70. The first-order valence-electron chi connectivity index (χ1n) is 5.78. The Morgan fingerprint density at radius 1 is 1.35 bits per heavy atom. The van der Waals surface area contributed by atoms with Gasteiger partial charge in [-0.2, -0.15) is 15.2 Å². The molecule has 100 valence electrons. The van der Waals surface area contributed by atoms with E-state index in [1.165, 1.54) is 12.1 Å². The molecule has 0 amide bonds. The summed E-state index contributed by atoms with van der Waals surface area (Å²) in [6, 6.07) is 8.15. The maximum absolute atomic E-state index is 10.7. The van der Waals surface area contributed by atoms with E-state index in [0.29, 0.717) is 17.6 Å². The Bertz CT molecular complexity index is 756. The van der Waals surface area contributed by atoms with E-state index in [9.17, 15) is 10.1 Å². The van der Waals surface area contributed by atoms with Crippen LogP contribution in [0, 0.1) is 10.1 Å². The van der Waals surface area contributed by atoms with Crippen molar-refractivity contribution in [2.75, 3.05) is 5.32 Å². The molecule has 0 aliphatic carbocycles. The lowest BCUT2D eigenvalue weighted by Crippen LogP contribution is -2.02. The minimum absolute atomic E-state index is 0.0332. The lowest BCUT2D eigenvalue weighted by Gasteiger charge is -1.98. The molecule has 20 heavy (non-hydrogen) atoms. The summed E-state index contributed by atoms with van der Waals surface area (Å²) in [7, 11) is 0. The van der Waals surface area contributed by atoms with Crippen LogP contribution in [0.3, 0.4) is 0 Å². The van der Waals surface area contributed by atoms with Crippen LogP contribution in [0.25, 0.3) is 11.1 Å².